The minimum atomic E-state index is -0.351. The Labute approximate surface area is 81.7 Å². The summed E-state index contributed by atoms with van der Waals surface area (Å²) < 4.78 is 18.4. The van der Waals surface area contributed by atoms with E-state index in [9.17, 15) is 4.39 Å². The Balaban J connectivity index is 2.49. The number of benzene rings is 1. The van der Waals surface area contributed by atoms with Gasteiger partial charge in [0.25, 0.3) is 0 Å². The lowest BCUT2D eigenvalue weighted by Gasteiger charge is -1.96. The number of halogens is 2. The largest absolute Gasteiger partial charge is 0.423 e. The predicted molar refractivity (Wildman–Crippen MR) is 47.4 cm³/mol. The van der Waals surface area contributed by atoms with Crippen LogP contribution in [0.4, 0.5) is 4.39 Å². The second-order valence-corrected chi connectivity index (χ2v) is 3.23. The first-order valence-corrected chi connectivity index (χ1v) is 4.28. The van der Waals surface area contributed by atoms with E-state index in [1.807, 2.05) is 0 Å². The number of rotatable bonds is 1. The molecule has 5 heteroatoms. The summed E-state index contributed by atoms with van der Waals surface area (Å²) in [4.78, 5) is 0. The van der Waals surface area contributed by atoms with E-state index in [1.165, 1.54) is 12.5 Å². The van der Waals surface area contributed by atoms with Gasteiger partial charge in [-0.3, -0.25) is 0 Å². The maximum Gasteiger partial charge on any atom is 0.247 e. The zero-order valence-electron chi connectivity index (χ0n) is 6.37. The van der Waals surface area contributed by atoms with E-state index in [4.69, 9.17) is 4.42 Å². The fourth-order valence-corrected chi connectivity index (χ4v) is 1.17. The Morgan fingerprint density at radius 2 is 2.23 bits per heavy atom. The van der Waals surface area contributed by atoms with Crippen molar-refractivity contribution in [1.82, 2.24) is 10.2 Å². The van der Waals surface area contributed by atoms with Gasteiger partial charge >= 0.3 is 0 Å². The zero-order chi connectivity index (χ0) is 9.26. The molecule has 3 nitrogen and oxygen atoms in total. The van der Waals surface area contributed by atoms with Crippen molar-refractivity contribution >= 4 is 15.9 Å². The van der Waals surface area contributed by atoms with E-state index in [2.05, 4.69) is 26.1 Å². The second kappa shape index (κ2) is 3.26. The van der Waals surface area contributed by atoms with Gasteiger partial charge in [-0.15, -0.1) is 10.2 Å². The van der Waals surface area contributed by atoms with E-state index in [-0.39, 0.29) is 5.82 Å². The number of hydrogen-bond acceptors (Lipinski definition) is 3. The van der Waals surface area contributed by atoms with Crippen LogP contribution in [0, 0.1) is 5.82 Å². The van der Waals surface area contributed by atoms with Crippen molar-refractivity contribution in [1.29, 1.82) is 0 Å². The number of aromatic nitrogens is 2. The van der Waals surface area contributed by atoms with Gasteiger partial charge in [0.1, 0.15) is 5.82 Å². The van der Waals surface area contributed by atoms with Crippen LogP contribution in [0.25, 0.3) is 11.5 Å². The van der Waals surface area contributed by atoms with Crippen LogP contribution in [-0.2, 0) is 0 Å². The molecule has 0 aliphatic heterocycles. The molecule has 0 fully saturated rings. The van der Waals surface area contributed by atoms with Crippen molar-refractivity contribution in [2.45, 2.75) is 0 Å². The summed E-state index contributed by atoms with van der Waals surface area (Å²) in [5.41, 5.74) is 0.568. The van der Waals surface area contributed by atoms with Crippen LogP contribution in [0.2, 0.25) is 0 Å². The number of nitrogens with zero attached hydrogens (tertiary/aromatic N) is 2. The first-order valence-electron chi connectivity index (χ1n) is 3.49. The smallest absolute Gasteiger partial charge is 0.247 e. The summed E-state index contributed by atoms with van der Waals surface area (Å²) in [7, 11) is 0. The molecule has 0 saturated heterocycles. The average molecular weight is 243 g/mol. The lowest BCUT2D eigenvalue weighted by atomic mass is 10.2. The fraction of sp³-hybridized carbons (Fsp3) is 0. The van der Waals surface area contributed by atoms with Gasteiger partial charge in [-0.25, -0.2) is 4.39 Å². The summed E-state index contributed by atoms with van der Waals surface area (Å²) in [5.74, 6) is -0.0397. The Hall–Kier alpha value is -1.23. The van der Waals surface area contributed by atoms with Crippen LogP contribution in [-0.4, -0.2) is 10.2 Å². The van der Waals surface area contributed by atoms with Gasteiger partial charge < -0.3 is 4.42 Å². The zero-order valence-corrected chi connectivity index (χ0v) is 7.95. The summed E-state index contributed by atoms with van der Waals surface area (Å²) in [6.45, 7) is 0. The van der Waals surface area contributed by atoms with Crippen LogP contribution in [0.3, 0.4) is 0 Å². The van der Waals surface area contributed by atoms with Gasteiger partial charge in [-0.05, 0) is 34.1 Å². The highest BCUT2D eigenvalue weighted by Gasteiger charge is 2.06. The van der Waals surface area contributed by atoms with Crippen molar-refractivity contribution in [2.75, 3.05) is 0 Å². The van der Waals surface area contributed by atoms with Gasteiger partial charge in [0.2, 0.25) is 12.3 Å². The summed E-state index contributed by atoms with van der Waals surface area (Å²) >= 11 is 3.05. The van der Waals surface area contributed by atoms with Crippen LogP contribution < -0.4 is 0 Å². The van der Waals surface area contributed by atoms with Gasteiger partial charge in [0.15, 0.2) is 0 Å². The molecule has 0 N–H and O–H groups in total. The van der Waals surface area contributed by atoms with Crippen LogP contribution in [0.1, 0.15) is 0 Å². The van der Waals surface area contributed by atoms with Crippen molar-refractivity contribution in [2.24, 2.45) is 0 Å². The Morgan fingerprint density at radius 3 is 2.85 bits per heavy atom. The molecule has 0 spiro atoms. The molecule has 0 amide bonds. The van der Waals surface area contributed by atoms with E-state index >= 15 is 0 Å². The molecule has 0 unspecified atom stereocenters. The first-order chi connectivity index (χ1) is 6.27. The topological polar surface area (TPSA) is 38.9 Å². The van der Waals surface area contributed by atoms with Crippen LogP contribution >= 0.6 is 15.9 Å². The van der Waals surface area contributed by atoms with E-state index in [0.29, 0.717) is 15.9 Å². The molecule has 1 aromatic heterocycles. The van der Waals surface area contributed by atoms with Crippen LogP contribution in [0.15, 0.2) is 33.5 Å². The average Bonchev–Trinajstić information content (AvgIpc) is 2.62. The Morgan fingerprint density at radius 1 is 1.38 bits per heavy atom. The lowest BCUT2D eigenvalue weighted by molar-refractivity contribution is 0.566. The van der Waals surface area contributed by atoms with Crippen LogP contribution in [0.5, 0.6) is 0 Å². The second-order valence-electron chi connectivity index (χ2n) is 2.37. The molecule has 0 bridgehead atoms. The SMILES string of the molecule is Fc1cc(-c2nnco2)ccc1Br. The molecule has 2 aromatic rings. The minimum Gasteiger partial charge on any atom is -0.423 e. The molecule has 1 aromatic carbocycles. The minimum absolute atomic E-state index is 0.311. The monoisotopic (exact) mass is 242 g/mol. The van der Waals surface area contributed by atoms with E-state index < -0.39 is 0 Å². The first kappa shape index (κ1) is 8.37. The quantitative estimate of drug-likeness (QED) is 0.772. The molecule has 1 heterocycles. The standard InChI is InChI=1S/C8H4BrFN2O/c9-6-2-1-5(3-7(6)10)8-12-11-4-13-8/h1-4H. The molecular weight excluding hydrogens is 239 g/mol. The van der Waals surface area contributed by atoms with Crippen molar-refractivity contribution in [3.63, 3.8) is 0 Å². The van der Waals surface area contributed by atoms with Gasteiger partial charge in [0, 0.05) is 5.56 Å². The van der Waals surface area contributed by atoms with Crippen molar-refractivity contribution < 1.29 is 8.81 Å². The Kier molecular flexibility index (Phi) is 2.10. The molecule has 0 radical (unpaired) electrons. The maximum atomic E-state index is 13.0. The summed E-state index contributed by atoms with van der Waals surface area (Å²) in [6.07, 6.45) is 1.20. The molecule has 66 valence electrons. The van der Waals surface area contributed by atoms with Crippen molar-refractivity contribution in [3.8, 4) is 11.5 Å². The highest BCUT2D eigenvalue weighted by molar-refractivity contribution is 9.10. The molecule has 2 rings (SSSR count). The molecule has 0 saturated carbocycles. The molecule has 0 atom stereocenters. The van der Waals surface area contributed by atoms with E-state index in [1.54, 1.807) is 12.1 Å². The van der Waals surface area contributed by atoms with Gasteiger partial charge in [0.05, 0.1) is 4.47 Å². The van der Waals surface area contributed by atoms with Crippen molar-refractivity contribution in [3.05, 3.63) is 34.9 Å². The molecular formula is C8H4BrFN2O. The highest BCUT2D eigenvalue weighted by Crippen LogP contribution is 2.22. The lowest BCUT2D eigenvalue weighted by Crippen LogP contribution is -1.81. The summed E-state index contributed by atoms with van der Waals surface area (Å²) in [5, 5.41) is 7.16. The summed E-state index contributed by atoms with van der Waals surface area (Å²) in [6, 6.07) is 4.62. The third kappa shape index (κ3) is 1.60. The predicted octanol–water partition coefficient (Wildman–Crippen LogP) is 2.64. The fourth-order valence-electron chi connectivity index (χ4n) is 0.928. The Bertz CT molecular complexity index is 416. The highest BCUT2D eigenvalue weighted by atomic mass is 79.9. The van der Waals surface area contributed by atoms with Gasteiger partial charge in [-0.2, -0.15) is 0 Å². The third-order valence-corrected chi connectivity index (χ3v) is 2.17. The molecule has 0 aliphatic rings. The molecule has 13 heavy (non-hydrogen) atoms. The molecule has 0 aliphatic carbocycles. The maximum absolute atomic E-state index is 13.0. The number of hydrogen-bond donors (Lipinski definition) is 0. The van der Waals surface area contributed by atoms with Gasteiger partial charge in [-0.1, -0.05) is 0 Å². The normalized spacial score (nSPS) is 10.3. The third-order valence-electron chi connectivity index (χ3n) is 1.53. The van der Waals surface area contributed by atoms with E-state index in [0.717, 1.165) is 0 Å².